The van der Waals surface area contributed by atoms with Crippen molar-refractivity contribution in [1.29, 1.82) is 5.26 Å². The monoisotopic (exact) mass is 577 g/mol. The Morgan fingerprint density at radius 2 is 1.81 bits per heavy atom. The fraction of sp³-hybridized carbons (Fsp3) is 0.250. The molecule has 0 aliphatic rings. The minimum atomic E-state index is -1.40. The standard InChI is InChI=1S/C32H30BClFN7/c1-5-27(20-9-7-6-8-10-20)38-29-21(17-36)18-37-30-25(29)15-24(16-26(30)34)39-32(33,22-11-13-23(35)14-12-22)28-19-42(41-40-28)31(2,3)4/h6-16,18-19,27,39H,5H2,1-4H3,(H,37,38)/t27-,32?/m1/s1. The first kappa shape index (κ1) is 29.1. The Hall–Kier alpha value is -4.42. The van der Waals surface area contributed by atoms with Gasteiger partial charge in [-0.25, -0.2) is 9.07 Å². The van der Waals surface area contributed by atoms with Crippen molar-refractivity contribution in [3.8, 4) is 6.07 Å². The zero-order chi connectivity index (χ0) is 30.1. The summed E-state index contributed by atoms with van der Waals surface area (Å²) in [4.78, 5) is 4.49. The summed E-state index contributed by atoms with van der Waals surface area (Å²) in [7, 11) is 7.07. The molecule has 0 saturated heterocycles. The fourth-order valence-electron chi connectivity index (χ4n) is 4.85. The summed E-state index contributed by atoms with van der Waals surface area (Å²) in [6.45, 7) is 8.10. The Bertz CT molecular complexity index is 1760. The lowest BCUT2D eigenvalue weighted by Crippen LogP contribution is -2.38. The molecule has 0 aliphatic heterocycles. The molecule has 2 aromatic heterocycles. The summed E-state index contributed by atoms with van der Waals surface area (Å²) < 4.78 is 15.6. The van der Waals surface area contributed by atoms with Gasteiger partial charge in [-0.1, -0.05) is 66.2 Å². The first-order valence-electron chi connectivity index (χ1n) is 13.6. The molecule has 3 aromatic carbocycles. The van der Waals surface area contributed by atoms with E-state index in [0.717, 1.165) is 12.0 Å². The SMILES string of the molecule is [B]C(Nc1cc(Cl)c2ncc(C#N)c(N[C@H](CC)c3ccccc3)c2c1)(c1ccc(F)cc1)c1cn(C(C)(C)C)nn1. The molecule has 0 fully saturated rings. The highest BCUT2D eigenvalue weighted by molar-refractivity contribution is 6.36. The van der Waals surface area contributed by atoms with E-state index in [9.17, 15) is 9.65 Å². The number of hydrogen-bond acceptors (Lipinski definition) is 6. The zero-order valence-electron chi connectivity index (χ0n) is 23.9. The van der Waals surface area contributed by atoms with Crippen molar-refractivity contribution in [2.75, 3.05) is 10.6 Å². The second kappa shape index (κ2) is 11.5. The molecule has 2 heterocycles. The Morgan fingerprint density at radius 1 is 1.10 bits per heavy atom. The van der Waals surface area contributed by atoms with Crippen LogP contribution in [-0.2, 0) is 11.0 Å². The van der Waals surface area contributed by atoms with Crippen molar-refractivity contribution >= 4 is 41.7 Å². The van der Waals surface area contributed by atoms with Gasteiger partial charge in [0.2, 0.25) is 0 Å². The largest absolute Gasteiger partial charge is 0.378 e. The minimum Gasteiger partial charge on any atom is -0.378 e. The molecular weight excluding hydrogens is 548 g/mol. The molecular formula is C32H30BClFN7. The summed E-state index contributed by atoms with van der Waals surface area (Å²) in [6, 6.07) is 21.7. The summed E-state index contributed by atoms with van der Waals surface area (Å²) in [5, 5.41) is 26.7. The average molecular weight is 578 g/mol. The van der Waals surface area contributed by atoms with Gasteiger partial charge >= 0.3 is 0 Å². The lowest BCUT2D eigenvalue weighted by molar-refractivity contribution is 0.347. The van der Waals surface area contributed by atoms with Crippen LogP contribution in [0.2, 0.25) is 5.02 Å². The molecule has 42 heavy (non-hydrogen) atoms. The third-order valence-corrected chi connectivity index (χ3v) is 7.49. The Morgan fingerprint density at radius 3 is 2.43 bits per heavy atom. The van der Waals surface area contributed by atoms with Crippen LogP contribution in [0.3, 0.4) is 0 Å². The third-order valence-electron chi connectivity index (χ3n) is 7.20. The van der Waals surface area contributed by atoms with Gasteiger partial charge in [0, 0.05) is 17.3 Å². The van der Waals surface area contributed by atoms with E-state index in [4.69, 9.17) is 19.4 Å². The van der Waals surface area contributed by atoms with E-state index in [1.165, 1.54) is 18.3 Å². The van der Waals surface area contributed by atoms with Crippen molar-refractivity contribution in [3.63, 3.8) is 0 Å². The number of aromatic nitrogens is 4. The maximum Gasteiger partial charge on any atom is 0.123 e. The van der Waals surface area contributed by atoms with E-state index in [1.807, 2.05) is 57.2 Å². The number of nitriles is 1. The van der Waals surface area contributed by atoms with Crippen LogP contribution in [0.5, 0.6) is 0 Å². The van der Waals surface area contributed by atoms with Gasteiger partial charge in [-0.05, 0) is 62.6 Å². The molecule has 7 nitrogen and oxygen atoms in total. The van der Waals surface area contributed by atoms with Crippen molar-refractivity contribution in [2.24, 2.45) is 0 Å². The smallest absolute Gasteiger partial charge is 0.123 e. The minimum absolute atomic E-state index is 0.0560. The van der Waals surface area contributed by atoms with Crippen LogP contribution in [0.4, 0.5) is 15.8 Å². The molecule has 1 unspecified atom stereocenters. The Labute approximate surface area is 251 Å². The number of pyridine rings is 1. The molecule has 0 aliphatic carbocycles. The van der Waals surface area contributed by atoms with Gasteiger partial charge in [0.15, 0.2) is 0 Å². The highest BCUT2D eigenvalue weighted by Crippen LogP contribution is 2.38. The predicted molar refractivity (Wildman–Crippen MR) is 166 cm³/mol. The highest BCUT2D eigenvalue weighted by Gasteiger charge is 2.33. The van der Waals surface area contributed by atoms with Crippen molar-refractivity contribution in [3.05, 3.63) is 112 Å². The highest BCUT2D eigenvalue weighted by atomic mass is 35.5. The number of anilines is 2. The fourth-order valence-corrected chi connectivity index (χ4v) is 5.12. The summed E-state index contributed by atoms with van der Waals surface area (Å²) in [6.07, 6.45) is 4.08. The summed E-state index contributed by atoms with van der Waals surface area (Å²) in [5.41, 5.74) is 2.44. The Kier molecular flexibility index (Phi) is 7.94. The second-order valence-electron chi connectivity index (χ2n) is 11.2. The zero-order valence-corrected chi connectivity index (χ0v) is 24.6. The van der Waals surface area contributed by atoms with Gasteiger partial charge in [-0.15, -0.1) is 5.10 Å². The van der Waals surface area contributed by atoms with Crippen LogP contribution in [-0.4, -0.2) is 27.8 Å². The molecule has 2 radical (unpaired) electrons. The summed E-state index contributed by atoms with van der Waals surface area (Å²) in [5.74, 6) is -0.386. The lowest BCUT2D eigenvalue weighted by Gasteiger charge is -2.32. The molecule has 2 N–H and O–H groups in total. The average Bonchev–Trinajstić information content (AvgIpc) is 3.49. The summed E-state index contributed by atoms with van der Waals surface area (Å²) >= 11 is 6.79. The van der Waals surface area contributed by atoms with Gasteiger partial charge in [-0.2, -0.15) is 5.26 Å². The Balaban J connectivity index is 1.64. The molecule has 0 amide bonds. The van der Waals surface area contributed by atoms with E-state index in [0.29, 0.717) is 44.1 Å². The quantitative estimate of drug-likeness (QED) is 0.188. The predicted octanol–water partition coefficient (Wildman–Crippen LogP) is 7.29. The van der Waals surface area contributed by atoms with Gasteiger partial charge in [0.05, 0.1) is 45.0 Å². The van der Waals surface area contributed by atoms with Gasteiger partial charge < -0.3 is 10.6 Å². The van der Waals surface area contributed by atoms with E-state index in [-0.39, 0.29) is 17.4 Å². The van der Waals surface area contributed by atoms with Crippen LogP contribution >= 0.6 is 11.6 Å². The van der Waals surface area contributed by atoms with Crippen molar-refractivity contribution < 1.29 is 4.39 Å². The van der Waals surface area contributed by atoms with Crippen LogP contribution < -0.4 is 10.6 Å². The first-order chi connectivity index (χ1) is 20.0. The van der Waals surface area contributed by atoms with Gasteiger partial charge in [0.25, 0.3) is 0 Å². The van der Waals surface area contributed by atoms with E-state index in [1.54, 1.807) is 29.1 Å². The van der Waals surface area contributed by atoms with Crippen LogP contribution in [0.25, 0.3) is 10.9 Å². The van der Waals surface area contributed by atoms with Crippen LogP contribution in [0.1, 0.15) is 62.5 Å². The van der Waals surface area contributed by atoms with Crippen LogP contribution in [0.15, 0.2) is 79.1 Å². The molecule has 210 valence electrons. The maximum atomic E-state index is 13.9. The first-order valence-corrected chi connectivity index (χ1v) is 14.0. The molecule has 5 aromatic rings. The van der Waals surface area contributed by atoms with E-state index < -0.39 is 5.44 Å². The number of nitrogens with zero attached hydrogens (tertiary/aromatic N) is 5. The molecule has 2 atom stereocenters. The molecule has 0 saturated carbocycles. The second-order valence-corrected chi connectivity index (χ2v) is 11.6. The number of hydrogen-bond donors (Lipinski definition) is 2. The number of fused-ring (bicyclic) bond motifs is 1. The normalized spacial score (nSPS) is 13.7. The number of halogens is 2. The van der Waals surface area contributed by atoms with E-state index in [2.05, 4.69) is 38.9 Å². The van der Waals surface area contributed by atoms with Gasteiger partial charge in [-0.3, -0.25) is 4.98 Å². The topological polar surface area (TPSA) is 91.5 Å². The molecule has 0 bridgehead atoms. The molecule has 5 rings (SSSR count). The number of benzene rings is 3. The van der Waals surface area contributed by atoms with E-state index >= 15 is 0 Å². The van der Waals surface area contributed by atoms with Crippen molar-refractivity contribution in [2.45, 2.75) is 51.1 Å². The van der Waals surface area contributed by atoms with Crippen molar-refractivity contribution in [1.82, 2.24) is 20.0 Å². The third kappa shape index (κ3) is 5.68. The van der Waals surface area contributed by atoms with Crippen LogP contribution in [0, 0.1) is 17.1 Å². The maximum absolute atomic E-state index is 13.9. The molecule has 10 heteroatoms. The number of rotatable bonds is 8. The molecule has 0 spiro atoms. The van der Waals surface area contributed by atoms with Gasteiger partial charge in [0.1, 0.15) is 25.4 Å². The number of nitrogens with one attached hydrogen (secondary N) is 2. The lowest BCUT2D eigenvalue weighted by atomic mass is 9.69.